The highest BCUT2D eigenvalue weighted by molar-refractivity contribution is 5.93. The Bertz CT molecular complexity index is 808. The maximum atomic E-state index is 12.9. The van der Waals surface area contributed by atoms with Crippen molar-refractivity contribution in [2.45, 2.75) is 51.5 Å². The van der Waals surface area contributed by atoms with Crippen molar-refractivity contribution in [2.75, 3.05) is 31.6 Å². The van der Waals surface area contributed by atoms with Gasteiger partial charge in [0.2, 0.25) is 5.91 Å². The summed E-state index contributed by atoms with van der Waals surface area (Å²) in [5, 5.41) is 3.27. The van der Waals surface area contributed by atoms with E-state index in [-0.39, 0.29) is 22.6 Å². The third-order valence-electron chi connectivity index (χ3n) is 7.34. The molecule has 2 amide bonds. The van der Waals surface area contributed by atoms with Crippen molar-refractivity contribution in [3.63, 3.8) is 0 Å². The van der Waals surface area contributed by atoms with Crippen LogP contribution in [-0.2, 0) is 11.2 Å². The molecule has 1 N–H and O–H groups in total. The lowest BCUT2D eigenvalue weighted by Crippen LogP contribution is -2.42. The summed E-state index contributed by atoms with van der Waals surface area (Å²) in [6.07, 6.45) is 6.06. The van der Waals surface area contributed by atoms with Crippen molar-refractivity contribution in [3.05, 3.63) is 23.4 Å². The van der Waals surface area contributed by atoms with Gasteiger partial charge in [0.05, 0.1) is 0 Å². The fourth-order valence-electron chi connectivity index (χ4n) is 4.68. The van der Waals surface area contributed by atoms with Crippen molar-refractivity contribution in [1.82, 2.24) is 15.2 Å². The Hall–Kier alpha value is -2.11. The second-order valence-electron chi connectivity index (χ2n) is 9.30. The summed E-state index contributed by atoms with van der Waals surface area (Å²) in [4.78, 5) is 33.9. The standard InChI is InChI=1S/C21H28N4O2/c1-20(6-7-20)19(27)23-16-13-21(16)8-11-25(12-9-21)18(26)15-4-3-14-5-10-24(2)17(14)22-15/h3-4,16H,5-13H2,1-2H3,(H,23,27). The van der Waals surface area contributed by atoms with E-state index in [9.17, 15) is 9.59 Å². The van der Waals surface area contributed by atoms with Gasteiger partial charge in [-0.05, 0) is 55.6 Å². The van der Waals surface area contributed by atoms with E-state index in [1.165, 1.54) is 5.56 Å². The van der Waals surface area contributed by atoms with Crippen LogP contribution >= 0.6 is 0 Å². The molecule has 0 bridgehead atoms. The number of hydrogen-bond donors (Lipinski definition) is 1. The number of nitrogens with one attached hydrogen (secondary N) is 1. The van der Waals surface area contributed by atoms with Crippen LogP contribution in [0.5, 0.6) is 0 Å². The van der Waals surface area contributed by atoms with Gasteiger partial charge in [0.15, 0.2) is 0 Å². The van der Waals surface area contributed by atoms with E-state index in [4.69, 9.17) is 0 Å². The first kappa shape index (κ1) is 17.0. The average Bonchev–Trinajstić information content (AvgIpc) is 3.54. The van der Waals surface area contributed by atoms with Gasteiger partial charge in [-0.1, -0.05) is 13.0 Å². The van der Waals surface area contributed by atoms with E-state index in [2.05, 4.69) is 28.2 Å². The molecular weight excluding hydrogens is 340 g/mol. The lowest BCUT2D eigenvalue weighted by Gasteiger charge is -2.33. The van der Waals surface area contributed by atoms with Crippen LogP contribution in [0.3, 0.4) is 0 Å². The van der Waals surface area contributed by atoms with E-state index >= 15 is 0 Å². The summed E-state index contributed by atoms with van der Waals surface area (Å²) in [6.45, 7) is 4.55. The summed E-state index contributed by atoms with van der Waals surface area (Å²) < 4.78 is 0. The summed E-state index contributed by atoms with van der Waals surface area (Å²) in [5.41, 5.74) is 1.91. The maximum absolute atomic E-state index is 12.9. The van der Waals surface area contributed by atoms with Gasteiger partial charge >= 0.3 is 0 Å². The molecule has 1 aromatic rings. The highest BCUT2D eigenvalue weighted by atomic mass is 16.2. The molecule has 2 saturated carbocycles. The minimum absolute atomic E-state index is 0.0414. The molecule has 3 heterocycles. The van der Waals surface area contributed by atoms with Crippen LogP contribution in [0.4, 0.5) is 5.82 Å². The second-order valence-corrected chi connectivity index (χ2v) is 9.30. The Morgan fingerprint density at radius 3 is 2.59 bits per heavy atom. The van der Waals surface area contributed by atoms with Crippen molar-refractivity contribution in [1.29, 1.82) is 0 Å². The molecule has 1 atom stereocenters. The van der Waals surface area contributed by atoms with Gasteiger partial charge in [-0.25, -0.2) is 4.98 Å². The van der Waals surface area contributed by atoms with Gasteiger partial charge in [0.25, 0.3) is 5.91 Å². The van der Waals surface area contributed by atoms with Gasteiger partial charge in [-0.15, -0.1) is 0 Å². The number of fused-ring (bicyclic) bond motifs is 1. The number of pyridine rings is 1. The Morgan fingerprint density at radius 1 is 1.15 bits per heavy atom. The molecule has 3 fully saturated rings. The van der Waals surface area contributed by atoms with Gasteiger partial charge < -0.3 is 15.1 Å². The Kier molecular flexibility index (Phi) is 3.59. The molecule has 5 rings (SSSR count). The number of amides is 2. The Balaban J connectivity index is 1.20. The predicted molar refractivity (Wildman–Crippen MR) is 103 cm³/mol. The van der Waals surface area contributed by atoms with E-state index in [0.29, 0.717) is 11.7 Å². The van der Waals surface area contributed by atoms with E-state index < -0.39 is 0 Å². The fourth-order valence-corrected chi connectivity index (χ4v) is 4.68. The maximum Gasteiger partial charge on any atom is 0.272 e. The number of aromatic nitrogens is 1. The molecule has 1 spiro atoms. The monoisotopic (exact) mass is 368 g/mol. The van der Waals surface area contributed by atoms with Crippen LogP contribution in [0.15, 0.2) is 12.1 Å². The number of likely N-dealkylation sites (N-methyl/N-ethyl adjacent to an activating group) is 1. The van der Waals surface area contributed by atoms with Crippen molar-refractivity contribution >= 4 is 17.6 Å². The van der Waals surface area contributed by atoms with Crippen LogP contribution in [0.25, 0.3) is 0 Å². The molecule has 0 radical (unpaired) electrons. The largest absolute Gasteiger partial charge is 0.359 e. The summed E-state index contributed by atoms with van der Waals surface area (Å²) in [6, 6.07) is 4.24. The van der Waals surface area contributed by atoms with Crippen molar-refractivity contribution in [3.8, 4) is 0 Å². The molecule has 0 aromatic carbocycles. The normalized spacial score (nSPS) is 26.7. The van der Waals surface area contributed by atoms with Crippen molar-refractivity contribution < 1.29 is 9.59 Å². The smallest absolute Gasteiger partial charge is 0.272 e. The number of anilines is 1. The number of likely N-dealkylation sites (tertiary alicyclic amines) is 1. The van der Waals surface area contributed by atoms with E-state index in [1.54, 1.807) is 0 Å². The van der Waals surface area contributed by atoms with Gasteiger partial charge in [-0.3, -0.25) is 9.59 Å². The molecule has 1 aromatic heterocycles. The molecular formula is C21H28N4O2. The van der Waals surface area contributed by atoms with Crippen LogP contribution in [0.1, 0.15) is 55.1 Å². The third-order valence-corrected chi connectivity index (χ3v) is 7.34. The molecule has 1 saturated heterocycles. The molecule has 144 valence electrons. The topological polar surface area (TPSA) is 65.5 Å². The summed E-state index contributed by atoms with van der Waals surface area (Å²) in [7, 11) is 2.03. The third kappa shape index (κ3) is 2.80. The first-order chi connectivity index (χ1) is 12.9. The summed E-state index contributed by atoms with van der Waals surface area (Å²) >= 11 is 0. The molecule has 2 aliphatic carbocycles. The lowest BCUT2D eigenvalue weighted by molar-refractivity contribution is -0.126. The molecule has 1 unspecified atom stereocenters. The fraction of sp³-hybridized carbons (Fsp3) is 0.667. The zero-order chi connectivity index (χ0) is 18.8. The Morgan fingerprint density at radius 2 is 1.89 bits per heavy atom. The number of carbonyl (C=O) groups excluding carboxylic acids is 2. The van der Waals surface area contributed by atoms with Gasteiger partial charge in [-0.2, -0.15) is 0 Å². The predicted octanol–water partition coefficient (Wildman–Crippen LogP) is 1.98. The number of rotatable bonds is 3. The molecule has 6 heteroatoms. The molecule has 6 nitrogen and oxygen atoms in total. The van der Waals surface area contributed by atoms with Crippen LogP contribution < -0.4 is 10.2 Å². The summed E-state index contributed by atoms with van der Waals surface area (Å²) in [5.74, 6) is 1.22. The SMILES string of the molecule is CN1CCc2ccc(C(=O)N3CCC4(CC3)CC4NC(=O)C3(C)CC3)nc21. The first-order valence-corrected chi connectivity index (χ1v) is 10.2. The number of carbonyl (C=O) groups is 2. The van der Waals surface area contributed by atoms with Gasteiger partial charge in [0, 0.05) is 38.1 Å². The molecule has 2 aliphatic heterocycles. The van der Waals surface area contributed by atoms with E-state index in [1.807, 2.05) is 18.0 Å². The Labute approximate surface area is 160 Å². The zero-order valence-electron chi connectivity index (χ0n) is 16.3. The minimum Gasteiger partial charge on any atom is -0.359 e. The number of nitrogens with zero attached hydrogens (tertiary/aromatic N) is 3. The highest BCUT2D eigenvalue weighted by Gasteiger charge is 2.57. The number of hydrogen-bond acceptors (Lipinski definition) is 4. The first-order valence-electron chi connectivity index (χ1n) is 10.2. The quantitative estimate of drug-likeness (QED) is 0.886. The van der Waals surface area contributed by atoms with Crippen LogP contribution in [0.2, 0.25) is 0 Å². The zero-order valence-corrected chi connectivity index (χ0v) is 16.3. The van der Waals surface area contributed by atoms with Crippen LogP contribution in [0, 0.1) is 10.8 Å². The lowest BCUT2D eigenvalue weighted by atomic mass is 9.92. The van der Waals surface area contributed by atoms with Crippen molar-refractivity contribution in [2.24, 2.45) is 10.8 Å². The highest BCUT2D eigenvalue weighted by Crippen LogP contribution is 2.55. The van der Waals surface area contributed by atoms with Gasteiger partial charge in [0.1, 0.15) is 11.5 Å². The second kappa shape index (κ2) is 5.69. The molecule has 27 heavy (non-hydrogen) atoms. The van der Waals surface area contributed by atoms with E-state index in [0.717, 1.165) is 64.0 Å². The minimum atomic E-state index is -0.104. The molecule has 4 aliphatic rings. The average molecular weight is 368 g/mol. The van der Waals surface area contributed by atoms with Crippen LogP contribution in [-0.4, -0.2) is 54.4 Å². The number of piperidine rings is 1.